The second kappa shape index (κ2) is 8.31. The van der Waals surface area contributed by atoms with Gasteiger partial charge in [0, 0.05) is 0 Å². The van der Waals surface area contributed by atoms with E-state index in [4.69, 9.17) is 23.9 Å². The average molecular weight is 417 g/mol. The molecule has 0 spiro atoms. The second-order valence-electron chi connectivity index (χ2n) is 5.76. The molecule has 0 aromatic carbocycles. The van der Waals surface area contributed by atoms with Crippen LogP contribution < -0.4 is 4.72 Å². The van der Waals surface area contributed by atoms with Crippen molar-refractivity contribution in [3.05, 3.63) is 11.8 Å². The van der Waals surface area contributed by atoms with E-state index in [2.05, 4.69) is 0 Å². The third kappa shape index (κ3) is 5.11. The predicted molar refractivity (Wildman–Crippen MR) is 79.9 cm³/mol. The van der Waals surface area contributed by atoms with Crippen LogP contribution in [-0.4, -0.2) is 105 Å². The Morgan fingerprint density at radius 2 is 1.85 bits per heavy atom. The highest BCUT2D eigenvalue weighted by molar-refractivity contribution is 7.83. The minimum Gasteiger partial charge on any atom is -0.475 e. The minimum absolute atomic E-state index is 0.705. The number of aliphatic hydroxyl groups excluding tert-OH is 5. The lowest BCUT2D eigenvalue weighted by molar-refractivity contribution is -0.306. The summed E-state index contributed by atoms with van der Waals surface area (Å²) >= 11 is 0. The van der Waals surface area contributed by atoms with Gasteiger partial charge in [0.15, 0.2) is 6.29 Å². The third-order valence-electron chi connectivity index (χ3n) is 3.85. The molecule has 27 heavy (non-hydrogen) atoms. The van der Waals surface area contributed by atoms with Gasteiger partial charge in [0.1, 0.15) is 36.6 Å². The number of nitrogens with one attached hydrogen (secondary N) is 1. The van der Waals surface area contributed by atoms with Crippen LogP contribution >= 0.6 is 0 Å². The van der Waals surface area contributed by atoms with E-state index < -0.39 is 77.8 Å². The quantitative estimate of drug-likeness (QED) is 0.190. The van der Waals surface area contributed by atoms with Gasteiger partial charge in [-0.3, -0.25) is 4.55 Å². The Balaban J connectivity index is 2.23. The zero-order valence-corrected chi connectivity index (χ0v) is 14.2. The van der Waals surface area contributed by atoms with E-state index in [-0.39, 0.29) is 0 Å². The molecule has 2 heterocycles. The summed E-state index contributed by atoms with van der Waals surface area (Å²) in [5.41, 5.74) is 0. The first-order chi connectivity index (χ1) is 12.4. The third-order valence-corrected chi connectivity index (χ3v) is 4.42. The molecule has 15 heteroatoms. The number of carboxylic acid groups (broad SMARTS) is 1. The van der Waals surface area contributed by atoms with Crippen molar-refractivity contribution in [3.63, 3.8) is 0 Å². The number of ether oxygens (including phenoxy) is 3. The van der Waals surface area contributed by atoms with Crippen LogP contribution in [0, 0.1) is 0 Å². The van der Waals surface area contributed by atoms with Gasteiger partial charge in [0.05, 0.1) is 6.61 Å². The molecule has 0 aliphatic carbocycles. The van der Waals surface area contributed by atoms with Crippen LogP contribution in [-0.2, 0) is 29.3 Å². The van der Waals surface area contributed by atoms with E-state index in [1.165, 1.54) is 4.72 Å². The molecule has 2 aliphatic rings. The van der Waals surface area contributed by atoms with Crippen molar-refractivity contribution in [2.75, 3.05) is 6.61 Å². The molecule has 8 atom stereocenters. The van der Waals surface area contributed by atoms with Gasteiger partial charge in [-0.25, -0.2) is 4.79 Å². The molecule has 2 unspecified atom stereocenters. The lowest BCUT2D eigenvalue weighted by atomic mass is 9.97. The Morgan fingerprint density at radius 3 is 2.37 bits per heavy atom. The van der Waals surface area contributed by atoms with Crippen LogP contribution in [0.15, 0.2) is 11.8 Å². The van der Waals surface area contributed by atoms with Gasteiger partial charge in [-0.05, 0) is 6.08 Å². The van der Waals surface area contributed by atoms with E-state index >= 15 is 0 Å². The molecule has 0 aromatic heterocycles. The Labute approximate surface area is 152 Å². The minimum atomic E-state index is -4.89. The molecule has 0 saturated carbocycles. The average Bonchev–Trinajstić information content (AvgIpc) is 2.56. The molecule has 1 fully saturated rings. The molecular weight excluding hydrogens is 398 g/mol. The van der Waals surface area contributed by atoms with Crippen LogP contribution in [0.5, 0.6) is 0 Å². The van der Waals surface area contributed by atoms with Gasteiger partial charge in [0.2, 0.25) is 12.0 Å². The lowest BCUT2D eigenvalue weighted by Crippen LogP contribution is -2.65. The second-order valence-corrected chi connectivity index (χ2v) is 6.95. The van der Waals surface area contributed by atoms with Crippen molar-refractivity contribution >= 4 is 16.3 Å². The number of hydrogen-bond donors (Lipinski definition) is 8. The van der Waals surface area contributed by atoms with Gasteiger partial charge in [-0.15, -0.1) is 0 Å². The summed E-state index contributed by atoms with van der Waals surface area (Å²) in [5, 5.41) is 57.8. The molecule has 0 amide bonds. The lowest BCUT2D eigenvalue weighted by Gasteiger charge is -2.44. The number of carbonyl (C=O) groups is 1. The van der Waals surface area contributed by atoms with Crippen LogP contribution in [0.4, 0.5) is 0 Å². The topological polar surface area (TPSA) is 233 Å². The molecule has 156 valence electrons. The number of aliphatic carboxylic acids is 1. The van der Waals surface area contributed by atoms with Gasteiger partial charge >= 0.3 is 16.3 Å². The van der Waals surface area contributed by atoms with E-state index in [9.17, 15) is 38.7 Å². The monoisotopic (exact) mass is 417 g/mol. The largest absolute Gasteiger partial charge is 0.475 e. The van der Waals surface area contributed by atoms with E-state index in [1.54, 1.807) is 0 Å². The van der Waals surface area contributed by atoms with Crippen molar-refractivity contribution in [1.29, 1.82) is 0 Å². The normalized spacial score (nSPS) is 40.1. The van der Waals surface area contributed by atoms with Gasteiger partial charge < -0.3 is 44.8 Å². The van der Waals surface area contributed by atoms with Crippen LogP contribution in [0.25, 0.3) is 0 Å². The Kier molecular flexibility index (Phi) is 6.74. The fourth-order valence-electron chi connectivity index (χ4n) is 2.58. The molecule has 2 rings (SSSR count). The van der Waals surface area contributed by atoms with Crippen molar-refractivity contribution in [1.82, 2.24) is 4.72 Å². The molecule has 0 bridgehead atoms. The molecule has 0 aromatic rings. The van der Waals surface area contributed by atoms with Crippen molar-refractivity contribution in [3.8, 4) is 0 Å². The number of aliphatic hydroxyl groups is 5. The molecular formula is C12H19NO13S. The first kappa shape index (κ1) is 21.9. The van der Waals surface area contributed by atoms with Crippen LogP contribution in [0.3, 0.4) is 0 Å². The van der Waals surface area contributed by atoms with Gasteiger partial charge in [0.25, 0.3) is 0 Å². The molecule has 8 N–H and O–H groups in total. The predicted octanol–water partition coefficient (Wildman–Crippen LogP) is -4.75. The summed E-state index contributed by atoms with van der Waals surface area (Å²) < 4.78 is 47.2. The van der Waals surface area contributed by atoms with Crippen molar-refractivity contribution in [2.45, 2.75) is 49.1 Å². The number of rotatable bonds is 6. The smallest absolute Gasteiger partial charge is 0.371 e. The summed E-state index contributed by atoms with van der Waals surface area (Å²) in [6, 6.07) is -1.84. The number of hydrogen-bond acceptors (Lipinski definition) is 11. The summed E-state index contributed by atoms with van der Waals surface area (Å²) in [5.74, 6) is -2.35. The maximum Gasteiger partial charge on any atom is 0.371 e. The molecule has 1 saturated heterocycles. The molecule has 14 nitrogen and oxygen atoms in total. The van der Waals surface area contributed by atoms with Crippen molar-refractivity contribution in [2.24, 2.45) is 0 Å². The summed E-state index contributed by atoms with van der Waals surface area (Å²) in [6.07, 6.45) is -11.7. The first-order valence-electron chi connectivity index (χ1n) is 7.45. The molecule has 0 radical (unpaired) electrons. The highest BCUT2D eigenvalue weighted by atomic mass is 32.2. The number of carboxylic acids is 1. The van der Waals surface area contributed by atoms with E-state index in [1.807, 2.05) is 0 Å². The Hall–Kier alpha value is -1.40. The maximum atomic E-state index is 11.0. The maximum absolute atomic E-state index is 11.0. The fraction of sp³-hybridized carbons (Fsp3) is 0.750. The molecule has 2 aliphatic heterocycles. The Bertz CT molecular complexity index is 681. The highest BCUT2D eigenvalue weighted by Gasteiger charge is 2.49. The standard InChI is InChI=1S/C12H19NO13S/c14-2-5-9(8(17)6(11(20)24-5)13-27(21,22)23)26-12-7(16)3(15)1-4(25-12)10(18)19/h1,3,5-9,11-17,20H,2H2,(H,18,19)(H,21,22,23)/t3-,5+,6+,7+,8+,9?,11?,12-/m0/s1. The van der Waals surface area contributed by atoms with Gasteiger partial charge in [-0.2, -0.15) is 13.1 Å². The Morgan fingerprint density at radius 1 is 1.22 bits per heavy atom. The van der Waals surface area contributed by atoms with Crippen LogP contribution in [0.1, 0.15) is 0 Å². The van der Waals surface area contributed by atoms with Crippen molar-refractivity contribution < 1.29 is 62.6 Å². The van der Waals surface area contributed by atoms with E-state index in [0.29, 0.717) is 6.08 Å². The summed E-state index contributed by atoms with van der Waals surface area (Å²) in [7, 11) is -4.89. The summed E-state index contributed by atoms with van der Waals surface area (Å²) in [4.78, 5) is 11.0. The summed E-state index contributed by atoms with van der Waals surface area (Å²) in [6.45, 7) is -0.843. The van der Waals surface area contributed by atoms with Crippen LogP contribution in [0.2, 0.25) is 0 Å². The first-order valence-corrected chi connectivity index (χ1v) is 8.89. The zero-order valence-electron chi connectivity index (χ0n) is 13.4. The zero-order chi connectivity index (χ0) is 20.5. The SMILES string of the molecule is O=C(O)C1=C[C@H](O)[C@@H](O)[C@H](OC2[C@@H](CO)OC(O)[C@H](NS(=O)(=O)O)[C@H]2O)O1. The van der Waals surface area contributed by atoms with Gasteiger partial charge in [-0.1, -0.05) is 0 Å². The highest BCUT2D eigenvalue weighted by Crippen LogP contribution is 2.28. The van der Waals surface area contributed by atoms with E-state index in [0.717, 1.165) is 0 Å². The fourth-order valence-corrected chi connectivity index (χ4v) is 3.18.